The van der Waals surface area contributed by atoms with Crippen molar-refractivity contribution in [2.45, 2.75) is 38.6 Å². The Morgan fingerprint density at radius 3 is 2.35 bits per heavy atom. The maximum atomic E-state index is 12.4. The number of aryl methyl sites for hydroxylation is 2. The summed E-state index contributed by atoms with van der Waals surface area (Å²) in [7, 11) is -2.64. The van der Waals surface area contributed by atoms with E-state index in [1.807, 2.05) is 6.92 Å². The molecule has 0 radical (unpaired) electrons. The highest BCUT2D eigenvalue weighted by atomic mass is 32.2. The lowest BCUT2D eigenvalue weighted by molar-refractivity contribution is -0.142. The zero-order valence-corrected chi connectivity index (χ0v) is 13.1. The average molecular weight is 300 g/mol. The second kappa shape index (κ2) is 5.80. The van der Waals surface area contributed by atoms with Crippen LogP contribution < -0.4 is 10.5 Å². The number of nitrogen functional groups attached to an aromatic ring is 1. The Morgan fingerprint density at radius 2 is 1.85 bits per heavy atom. The van der Waals surface area contributed by atoms with Crippen molar-refractivity contribution >= 4 is 21.7 Å². The molecule has 0 heterocycles. The number of benzene rings is 1. The molecular weight excluding hydrogens is 280 g/mol. The Hall–Kier alpha value is -1.60. The average Bonchev–Trinajstić information content (AvgIpc) is 2.33. The molecule has 0 unspecified atom stereocenters. The molecule has 1 aromatic rings. The van der Waals surface area contributed by atoms with Gasteiger partial charge in [-0.1, -0.05) is 6.07 Å². The van der Waals surface area contributed by atoms with Crippen LogP contribution in [0.3, 0.4) is 0 Å². The van der Waals surface area contributed by atoms with E-state index < -0.39 is 22.0 Å². The third-order valence-electron chi connectivity index (χ3n) is 3.12. The standard InChI is InChI=1S/C13H20N2O4S/c1-7-6-8(2)12(9(3)11(7)14)20(17,18)15-10(4)13(16)19-5/h6,10,15H,14H2,1-5H3/t10-/m0/s1. The van der Waals surface area contributed by atoms with Gasteiger partial charge in [-0.2, -0.15) is 4.72 Å². The second-order valence-corrected chi connectivity index (χ2v) is 6.40. The third-order valence-corrected chi connectivity index (χ3v) is 4.95. The van der Waals surface area contributed by atoms with Crippen molar-refractivity contribution in [2.24, 2.45) is 0 Å². The number of carbonyl (C=O) groups excluding carboxylic acids is 1. The van der Waals surface area contributed by atoms with Crippen molar-refractivity contribution in [1.82, 2.24) is 4.72 Å². The van der Waals surface area contributed by atoms with Crippen LogP contribution in [-0.2, 0) is 19.6 Å². The van der Waals surface area contributed by atoms with E-state index in [2.05, 4.69) is 9.46 Å². The van der Waals surface area contributed by atoms with Crippen molar-refractivity contribution in [1.29, 1.82) is 0 Å². The van der Waals surface area contributed by atoms with Gasteiger partial charge >= 0.3 is 5.97 Å². The van der Waals surface area contributed by atoms with Crippen molar-refractivity contribution in [3.8, 4) is 0 Å². The quantitative estimate of drug-likeness (QED) is 0.639. The first kappa shape index (κ1) is 16.5. The van der Waals surface area contributed by atoms with Gasteiger partial charge in [0.15, 0.2) is 0 Å². The minimum atomic E-state index is -3.85. The van der Waals surface area contributed by atoms with Crippen LogP contribution in [-0.4, -0.2) is 27.5 Å². The molecule has 0 aliphatic rings. The van der Waals surface area contributed by atoms with Crippen molar-refractivity contribution in [2.75, 3.05) is 12.8 Å². The van der Waals surface area contributed by atoms with Crippen LogP contribution in [0.25, 0.3) is 0 Å². The van der Waals surface area contributed by atoms with Gasteiger partial charge in [0, 0.05) is 5.69 Å². The van der Waals surface area contributed by atoms with Crippen LogP contribution in [0.5, 0.6) is 0 Å². The molecule has 6 nitrogen and oxygen atoms in total. The number of nitrogens with two attached hydrogens (primary N) is 1. The molecular formula is C13H20N2O4S. The zero-order valence-electron chi connectivity index (χ0n) is 12.3. The molecule has 1 aromatic carbocycles. The normalized spacial score (nSPS) is 13.1. The molecule has 0 aliphatic heterocycles. The third kappa shape index (κ3) is 3.10. The highest BCUT2D eigenvalue weighted by molar-refractivity contribution is 7.89. The predicted octanol–water partition coefficient (Wildman–Crippen LogP) is 1.03. The summed E-state index contributed by atoms with van der Waals surface area (Å²) < 4.78 is 31.6. The molecule has 1 rings (SSSR count). The Kier molecular flexibility index (Phi) is 4.77. The first-order valence-electron chi connectivity index (χ1n) is 6.08. The molecule has 0 aromatic heterocycles. The Labute approximate surface area is 119 Å². The molecule has 0 saturated carbocycles. The molecule has 0 aliphatic carbocycles. The number of sulfonamides is 1. The monoisotopic (exact) mass is 300 g/mol. The lowest BCUT2D eigenvalue weighted by atomic mass is 10.1. The summed E-state index contributed by atoms with van der Waals surface area (Å²) in [4.78, 5) is 11.4. The van der Waals surface area contributed by atoms with Crippen molar-refractivity contribution < 1.29 is 17.9 Å². The number of rotatable bonds is 4. The minimum Gasteiger partial charge on any atom is -0.468 e. The van der Waals surface area contributed by atoms with E-state index >= 15 is 0 Å². The molecule has 0 fully saturated rings. The maximum absolute atomic E-state index is 12.4. The van der Waals surface area contributed by atoms with Gasteiger partial charge < -0.3 is 10.5 Å². The fourth-order valence-electron chi connectivity index (χ4n) is 2.11. The Bertz CT molecular complexity index is 638. The number of hydrogen-bond acceptors (Lipinski definition) is 5. The first-order chi connectivity index (χ1) is 9.11. The van der Waals surface area contributed by atoms with Crippen LogP contribution in [0.1, 0.15) is 23.6 Å². The highest BCUT2D eigenvalue weighted by Gasteiger charge is 2.26. The highest BCUT2D eigenvalue weighted by Crippen LogP contribution is 2.28. The molecule has 0 amide bonds. The Morgan fingerprint density at radius 1 is 1.30 bits per heavy atom. The van der Waals surface area contributed by atoms with Gasteiger partial charge in [0.2, 0.25) is 10.0 Å². The van der Waals surface area contributed by atoms with Gasteiger partial charge in [-0.25, -0.2) is 8.42 Å². The molecule has 112 valence electrons. The summed E-state index contributed by atoms with van der Waals surface area (Å²) in [6.45, 7) is 6.57. The zero-order chi connectivity index (χ0) is 15.7. The SMILES string of the molecule is COC(=O)[C@H](C)NS(=O)(=O)c1c(C)cc(C)c(N)c1C. The fraction of sp³-hybridized carbons (Fsp3) is 0.462. The van der Waals surface area contributed by atoms with Gasteiger partial charge in [-0.3, -0.25) is 4.79 Å². The van der Waals surface area contributed by atoms with Crippen LogP contribution in [0.15, 0.2) is 11.0 Å². The van der Waals surface area contributed by atoms with Crippen LogP contribution in [0, 0.1) is 20.8 Å². The molecule has 0 bridgehead atoms. The van der Waals surface area contributed by atoms with E-state index in [0.29, 0.717) is 16.8 Å². The van der Waals surface area contributed by atoms with E-state index in [1.165, 1.54) is 14.0 Å². The van der Waals surface area contributed by atoms with Crippen LogP contribution in [0.2, 0.25) is 0 Å². The lowest BCUT2D eigenvalue weighted by Crippen LogP contribution is -2.39. The molecule has 1 atom stereocenters. The van der Waals surface area contributed by atoms with Gasteiger partial charge in [0.25, 0.3) is 0 Å². The van der Waals surface area contributed by atoms with E-state index in [4.69, 9.17) is 5.73 Å². The first-order valence-corrected chi connectivity index (χ1v) is 7.56. The minimum absolute atomic E-state index is 0.108. The summed E-state index contributed by atoms with van der Waals surface area (Å²) in [5, 5.41) is 0. The van der Waals surface area contributed by atoms with E-state index in [-0.39, 0.29) is 4.90 Å². The summed E-state index contributed by atoms with van der Waals surface area (Å²) in [6.07, 6.45) is 0. The van der Waals surface area contributed by atoms with E-state index in [1.54, 1.807) is 19.9 Å². The summed E-state index contributed by atoms with van der Waals surface area (Å²) in [5.74, 6) is -0.649. The molecule has 3 N–H and O–H groups in total. The summed E-state index contributed by atoms with van der Waals surface area (Å²) in [6, 6.07) is 0.742. The van der Waals surface area contributed by atoms with Crippen molar-refractivity contribution in [3.63, 3.8) is 0 Å². The summed E-state index contributed by atoms with van der Waals surface area (Å²) in [5.41, 5.74) is 8.19. The number of nitrogens with one attached hydrogen (secondary N) is 1. The predicted molar refractivity (Wildman–Crippen MR) is 76.9 cm³/mol. The molecule has 0 spiro atoms. The van der Waals surface area contributed by atoms with E-state index in [9.17, 15) is 13.2 Å². The Balaban J connectivity index is 3.30. The largest absolute Gasteiger partial charge is 0.468 e. The van der Waals surface area contributed by atoms with Gasteiger partial charge in [-0.15, -0.1) is 0 Å². The molecule has 0 saturated heterocycles. The van der Waals surface area contributed by atoms with Crippen molar-refractivity contribution in [3.05, 3.63) is 22.8 Å². The maximum Gasteiger partial charge on any atom is 0.323 e. The smallest absolute Gasteiger partial charge is 0.323 e. The van der Waals surface area contributed by atoms with Crippen LogP contribution >= 0.6 is 0 Å². The fourth-order valence-corrected chi connectivity index (χ4v) is 3.79. The van der Waals surface area contributed by atoms with Gasteiger partial charge in [-0.05, 0) is 44.4 Å². The number of esters is 1. The number of methoxy groups -OCH3 is 1. The topological polar surface area (TPSA) is 98.5 Å². The number of carbonyl (C=O) groups is 1. The second-order valence-electron chi connectivity index (χ2n) is 4.74. The number of anilines is 1. The van der Waals surface area contributed by atoms with E-state index in [0.717, 1.165) is 5.56 Å². The van der Waals surface area contributed by atoms with Crippen LogP contribution in [0.4, 0.5) is 5.69 Å². The number of ether oxygens (including phenoxy) is 1. The van der Waals surface area contributed by atoms with Gasteiger partial charge in [0.05, 0.1) is 12.0 Å². The molecule has 7 heteroatoms. The van der Waals surface area contributed by atoms with Gasteiger partial charge in [0.1, 0.15) is 6.04 Å². The lowest BCUT2D eigenvalue weighted by Gasteiger charge is -2.17. The number of hydrogen-bond donors (Lipinski definition) is 2. The summed E-state index contributed by atoms with van der Waals surface area (Å²) >= 11 is 0. The molecule has 20 heavy (non-hydrogen) atoms.